The molecule has 0 fully saturated rings. The molecule has 0 aliphatic carbocycles. The summed E-state index contributed by atoms with van der Waals surface area (Å²) in [4.78, 5) is 23.6. The molecule has 0 spiro atoms. The summed E-state index contributed by atoms with van der Waals surface area (Å²) < 4.78 is 4.66. The van der Waals surface area contributed by atoms with E-state index < -0.39 is 5.97 Å². The number of methoxy groups -OCH3 is 1. The van der Waals surface area contributed by atoms with Crippen LogP contribution in [0.5, 0.6) is 0 Å². The predicted octanol–water partition coefficient (Wildman–Crippen LogP) is 3.94. The van der Waals surface area contributed by atoms with Crippen LogP contribution in [0.2, 0.25) is 10.0 Å². The fraction of sp³-hybridized carbons (Fsp3) is 0.263. The summed E-state index contributed by atoms with van der Waals surface area (Å²) in [5.41, 5.74) is 1.85. The minimum absolute atomic E-state index is 0.191. The Morgan fingerprint density at radius 2 is 1.88 bits per heavy atom. The lowest BCUT2D eigenvalue weighted by Gasteiger charge is -2.09. The number of hydrogen-bond acceptors (Lipinski definition) is 4. The number of esters is 1. The maximum Gasteiger partial charge on any atom is 0.337 e. The van der Waals surface area contributed by atoms with E-state index in [-0.39, 0.29) is 12.3 Å². The van der Waals surface area contributed by atoms with Crippen LogP contribution in [0.15, 0.2) is 42.5 Å². The van der Waals surface area contributed by atoms with Crippen molar-refractivity contribution in [3.8, 4) is 0 Å². The Balaban J connectivity index is 1.76. The molecule has 0 bridgehead atoms. The van der Waals surface area contributed by atoms with Crippen molar-refractivity contribution in [2.75, 3.05) is 25.5 Å². The molecule has 7 heteroatoms. The zero-order valence-electron chi connectivity index (χ0n) is 14.4. The molecule has 0 aromatic heterocycles. The van der Waals surface area contributed by atoms with Crippen LogP contribution in [0.3, 0.4) is 0 Å². The summed E-state index contributed by atoms with van der Waals surface area (Å²) in [5.74, 6) is -0.677. The van der Waals surface area contributed by atoms with E-state index in [4.69, 9.17) is 23.2 Å². The van der Waals surface area contributed by atoms with Gasteiger partial charge in [-0.15, -0.1) is 0 Å². The van der Waals surface area contributed by atoms with Crippen LogP contribution in [0, 0.1) is 0 Å². The van der Waals surface area contributed by atoms with E-state index >= 15 is 0 Å². The van der Waals surface area contributed by atoms with Crippen molar-refractivity contribution in [3.63, 3.8) is 0 Å². The van der Waals surface area contributed by atoms with E-state index in [1.807, 2.05) is 24.3 Å². The fourth-order valence-electron chi connectivity index (χ4n) is 2.33. The standard InChI is InChI=1S/C19H20Cl2N2O3/c1-26-19(25)14-5-6-16(21)17(12-14)23-18(24)8-10-22-9-7-13-3-2-4-15(20)11-13/h2-6,11-12,22H,7-10H2,1H3,(H,23,24). The van der Waals surface area contributed by atoms with Gasteiger partial charge in [-0.2, -0.15) is 0 Å². The maximum absolute atomic E-state index is 12.0. The Kier molecular flexibility index (Phi) is 7.91. The van der Waals surface area contributed by atoms with Crippen LogP contribution in [-0.4, -0.2) is 32.1 Å². The van der Waals surface area contributed by atoms with Crippen LogP contribution >= 0.6 is 23.2 Å². The molecule has 0 heterocycles. The Hall–Kier alpha value is -2.08. The number of carbonyl (C=O) groups is 2. The van der Waals surface area contributed by atoms with Gasteiger partial charge in [0.05, 0.1) is 23.4 Å². The number of amides is 1. The molecule has 0 aliphatic heterocycles. The lowest BCUT2D eigenvalue weighted by atomic mass is 10.1. The number of rotatable bonds is 8. The van der Waals surface area contributed by atoms with Gasteiger partial charge in [0.25, 0.3) is 0 Å². The van der Waals surface area contributed by atoms with Crippen LogP contribution < -0.4 is 10.6 Å². The molecule has 0 atom stereocenters. The highest BCUT2D eigenvalue weighted by Crippen LogP contribution is 2.23. The highest BCUT2D eigenvalue weighted by Gasteiger charge is 2.11. The average Bonchev–Trinajstić information content (AvgIpc) is 2.62. The predicted molar refractivity (Wildman–Crippen MR) is 104 cm³/mol. The van der Waals surface area contributed by atoms with Crippen molar-refractivity contribution in [2.45, 2.75) is 12.8 Å². The second-order valence-electron chi connectivity index (χ2n) is 5.61. The van der Waals surface area contributed by atoms with Crippen LogP contribution in [0.4, 0.5) is 5.69 Å². The second-order valence-corrected chi connectivity index (χ2v) is 6.46. The smallest absolute Gasteiger partial charge is 0.337 e. The molecule has 0 aliphatic rings. The Morgan fingerprint density at radius 3 is 2.62 bits per heavy atom. The van der Waals surface area contributed by atoms with Gasteiger partial charge in [-0.1, -0.05) is 35.3 Å². The van der Waals surface area contributed by atoms with Gasteiger partial charge in [-0.25, -0.2) is 4.79 Å². The van der Waals surface area contributed by atoms with Gasteiger partial charge in [-0.3, -0.25) is 4.79 Å². The average molecular weight is 395 g/mol. The molecule has 0 radical (unpaired) electrons. The van der Waals surface area contributed by atoms with Gasteiger partial charge in [0.2, 0.25) is 5.91 Å². The maximum atomic E-state index is 12.0. The zero-order chi connectivity index (χ0) is 18.9. The Morgan fingerprint density at radius 1 is 1.08 bits per heavy atom. The minimum atomic E-state index is -0.486. The number of nitrogens with one attached hydrogen (secondary N) is 2. The normalized spacial score (nSPS) is 10.4. The molecule has 2 aromatic carbocycles. The van der Waals surface area contributed by atoms with E-state index in [1.165, 1.54) is 13.2 Å². The van der Waals surface area contributed by atoms with E-state index in [0.29, 0.717) is 27.8 Å². The third kappa shape index (κ3) is 6.33. The Bertz CT molecular complexity index is 781. The SMILES string of the molecule is COC(=O)c1ccc(Cl)c(NC(=O)CCNCCc2cccc(Cl)c2)c1. The molecule has 2 aromatic rings. The molecule has 5 nitrogen and oxygen atoms in total. The summed E-state index contributed by atoms with van der Waals surface area (Å²) in [6.07, 6.45) is 1.11. The van der Waals surface area contributed by atoms with E-state index in [1.54, 1.807) is 12.1 Å². The highest BCUT2D eigenvalue weighted by atomic mass is 35.5. The Labute approximate surface area is 162 Å². The molecule has 0 saturated carbocycles. The molecule has 0 saturated heterocycles. The summed E-state index contributed by atoms with van der Waals surface area (Å²) >= 11 is 12.0. The molecular formula is C19H20Cl2N2O3. The lowest BCUT2D eigenvalue weighted by Crippen LogP contribution is -2.23. The lowest BCUT2D eigenvalue weighted by molar-refractivity contribution is -0.116. The topological polar surface area (TPSA) is 67.4 Å². The van der Waals surface area contributed by atoms with Gasteiger partial charge in [0.15, 0.2) is 0 Å². The van der Waals surface area contributed by atoms with Crippen molar-refractivity contribution >= 4 is 40.8 Å². The molecule has 2 rings (SSSR count). The number of benzene rings is 2. The molecule has 2 N–H and O–H groups in total. The molecule has 0 unspecified atom stereocenters. The summed E-state index contributed by atoms with van der Waals surface area (Å²) in [6, 6.07) is 12.3. The summed E-state index contributed by atoms with van der Waals surface area (Å²) in [5, 5.41) is 7.00. The van der Waals surface area contributed by atoms with E-state index in [0.717, 1.165) is 18.5 Å². The first-order chi connectivity index (χ1) is 12.5. The number of carbonyl (C=O) groups excluding carboxylic acids is 2. The molecule has 138 valence electrons. The monoisotopic (exact) mass is 394 g/mol. The first-order valence-electron chi connectivity index (χ1n) is 8.12. The first-order valence-corrected chi connectivity index (χ1v) is 8.88. The molecule has 26 heavy (non-hydrogen) atoms. The van der Waals surface area contributed by atoms with Gasteiger partial charge in [0.1, 0.15) is 0 Å². The van der Waals surface area contributed by atoms with Gasteiger partial charge < -0.3 is 15.4 Å². The van der Waals surface area contributed by atoms with Crippen molar-refractivity contribution < 1.29 is 14.3 Å². The third-order valence-corrected chi connectivity index (χ3v) is 4.23. The first kappa shape index (κ1) is 20.2. The molecule has 1 amide bonds. The largest absolute Gasteiger partial charge is 0.465 e. The quantitative estimate of drug-likeness (QED) is 0.525. The van der Waals surface area contributed by atoms with Crippen molar-refractivity contribution in [1.29, 1.82) is 0 Å². The third-order valence-electron chi connectivity index (χ3n) is 3.67. The summed E-state index contributed by atoms with van der Waals surface area (Å²) in [7, 11) is 1.30. The number of halogens is 2. The molecular weight excluding hydrogens is 375 g/mol. The number of hydrogen-bond donors (Lipinski definition) is 2. The fourth-order valence-corrected chi connectivity index (χ4v) is 2.71. The highest BCUT2D eigenvalue weighted by molar-refractivity contribution is 6.33. The van der Waals surface area contributed by atoms with Crippen LogP contribution in [0.25, 0.3) is 0 Å². The van der Waals surface area contributed by atoms with Gasteiger partial charge in [-0.05, 0) is 48.9 Å². The number of anilines is 1. The zero-order valence-corrected chi connectivity index (χ0v) is 15.9. The van der Waals surface area contributed by atoms with Gasteiger partial charge in [0, 0.05) is 18.0 Å². The van der Waals surface area contributed by atoms with Crippen LogP contribution in [0.1, 0.15) is 22.3 Å². The van der Waals surface area contributed by atoms with E-state index in [2.05, 4.69) is 15.4 Å². The van der Waals surface area contributed by atoms with Crippen LogP contribution in [-0.2, 0) is 16.0 Å². The van der Waals surface area contributed by atoms with Crippen molar-refractivity contribution in [2.24, 2.45) is 0 Å². The van der Waals surface area contributed by atoms with E-state index in [9.17, 15) is 9.59 Å². The van der Waals surface area contributed by atoms with Crippen molar-refractivity contribution in [1.82, 2.24) is 5.32 Å². The second kappa shape index (κ2) is 10.2. The van der Waals surface area contributed by atoms with Crippen molar-refractivity contribution in [3.05, 3.63) is 63.6 Å². The minimum Gasteiger partial charge on any atom is -0.465 e. The summed E-state index contributed by atoms with van der Waals surface area (Å²) in [6.45, 7) is 1.27. The van der Waals surface area contributed by atoms with Gasteiger partial charge >= 0.3 is 5.97 Å². The number of ether oxygens (including phenoxy) is 1.